The zero-order chi connectivity index (χ0) is 27.4. The van der Waals surface area contributed by atoms with Gasteiger partial charge in [-0.3, -0.25) is 23.7 Å². The molecule has 3 unspecified atom stereocenters. The Labute approximate surface area is 230 Å². The molecule has 13 heteroatoms. The van der Waals surface area contributed by atoms with E-state index in [1.54, 1.807) is 31.2 Å². The number of alkyl halides is 3. The van der Waals surface area contributed by atoms with Crippen molar-refractivity contribution in [3.05, 3.63) is 78.7 Å². The van der Waals surface area contributed by atoms with Gasteiger partial charge in [0.2, 0.25) is 11.8 Å². The van der Waals surface area contributed by atoms with E-state index in [1.807, 2.05) is 0 Å². The molecule has 0 saturated carbocycles. The third-order valence-electron chi connectivity index (χ3n) is 6.32. The molecule has 0 aliphatic carbocycles. The Bertz CT molecular complexity index is 1500. The van der Waals surface area contributed by atoms with Crippen LogP contribution in [0.2, 0.25) is 0 Å². The van der Waals surface area contributed by atoms with Crippen molar-refractivity contribution in [3.63, 3.8) is 0 Å². The molecular weight excluding hydrogens is 609 g/mol. The van der Waals surface area contributed by atoms with Crippen molar-refractivity contribution in [1.82, 2.24) is 4.57 Å². The van der Waals surface area contributed by atoms with Crippen molar-refractivity contribution in [1.29, 1.82) is 0 Å². The van der Waals surface area contributed by atoms with Crippen LogP contribution in [0.3, 0.4) is 0 Å². The van der Waals surface area contributed by atoms with Gasteiger partial charge in [0.15, 0.2) is 0 Å². The van der Waals surface area contributed by atoms with E-state index >= 15 is 0 Å². The quantitative estimate of drug-likeness (QED) is 0.291. The number of imide groups is 1. The van der Waals surface area contributed by atoms with E-state index in [1.165, 1.54) is 16.7 Å². The average molecular weight is 627 g/mol. The van der Waals surface area contributed by atoms with Gasteiger partial charge in [-0.25, -0.2) is 4.90 Å². The Morgan fingerprint density at radius 2 is 1.74 bits per heavy atom. The molecule has 5 rings (SSSR count). The van der Waals surface area contributed by atoms with Crippen LogP contribution in [0.4, 0.5) is 18.9 Å². The lowest BCUT2D eigenvalue weighted by atomic mass is 9.83. The van der Waals surface area contributed by atoms with E-state index in [4.69, 9.17) is 4.74 Å². The Morgan fingerprint density at radius 1 is 1.05 bits per heavy atom. The number of aromatic nitrogens is 1. The number of benzene rings is 2. The number of anilines is 1. The minimum Gasteiger partial charge on any atom is -0.465 e. The van der Waals surface area contributed by atoms with Gasteiger partial charge in [-0.15, -0.1) is 0 Å². The summed E-state index contributed by atoms with van der Waals surface area (Å²) in [4.78, 5) is 53.2. The third kappa shape index (κ3) is 4.50. The maximum Gasteiger partial charge on any atom is 0.418 e. The normalized spacial score (nSPS) is 20.9. The maximum absolute atomic E-state index is 13.8. The summed E-state index contributed by atoms with van der Waals surface area (Å²) in [6.07, 6.45) is -4.79. The molecule has 0 spiro atoms. The van der Waals surface area contributed by atoms with E-state index in [0.717, 1.165) is 39.7 Å². The van der Waals surface area contributed by atoms with Crippen molar-refractivity contribution in [2.24, 2.45) is 5.92 Å². The molecule has 2 aliphatic heterocycles. The van der Waals surface area contributed by atoms with Crippen molar-refractivity contribution in [3.8, 4) is 0 Å². The first-order valence-electron chi connectivity index (χ1n) is 11.4. The van der Waals surface area contributed by atoms with Gasteiger partial charge < -0.3 is 4.74 Å². The molecule has 2 amide bonds. The molecule has 198 valence electrons. The van der Waals surface area contributed by atoms with Crippen LogP contribution in [0.1, 0.15) is 28.8 Å². The van der Waals surface area contributed by atoms with Crippen molar-refractivity contribution >= 4 is 62.5 Å². The number of carbonyl (C=O) groups is 3. The fourth-order valence-corrected chi connectivity index (χ4v) is 7.80. The lowest BCUT2D eigenvalue weighted by Gasteiger charge is -2.30. The molecule has 3 heterocycles. The molecule has 0 bridgehead atoms. The molecule has 1 aromatic heterocycles. The highest BCUT2D eigenvalue weighted by atomic mass is 79.9. The Balaban J connectivity index is 1.66. The predicted octanol–water partition coefficient (Wildman–Crippen LogP) is 5.05. The first-order chi connectivity index (χ1) is 18.0. The van der Waals surface area contributed by atoms with Crippen molar-refractivity contribution in [2.75, 3.05) is 11.5 Å². The lowest BCUT2D eigenvalue weighted by Crippen LogP contribution is -2.33. The van der Waals surface area contributed by atoms with Gasteiger partial charge >= 0.3 is 17.0 Å². The topological polar surface area (TPSA) is 85.7 Å². The van der Waals surface area contributed by atoms with Crippen LogP contribution in [0.5, 0.6) is 0 Å². The van der Waals surface area contributed by atoms with E-state index in [-0.39, 0.29) is 6.61 Å². The molecule has 3 aromatic rings. The number of hydrogen-bond acceptors (Lipinski definition) is 7. The molecule has 2 aliphatic rings. The fraction of sp³-hybridized carbons (Fsp3) is 0.280. The Hall–Kier alpha value is -2.90. The number of hydrogen-bond donors (Lipinski definition) is 0. The second kappa shape index (κ2) is 10.0. The fourth-order valence-electron chi connectivity index (χ4n) is 4.77. The minimum absolute atomic E-state index is 0.111. The highest BCUT2D eigenvalue weighted by Crippen LogP contribution is 2.54. The lowest BCUT2D eigenvalue weighted by molar-refractivity contribution is -0.144. The standard InChI is InChI=1S/C25H18BrF3N2O5S2/c1-2-36-16(32)11-30-23-20(38-24(30)35)17(12-7-9-13(26)10-8-12)18-19(37-23)22(34)31(21(18)33)15-6-4-3-5-14(15)25(27,28)29/h3-10,17-19H,2,11H2,1H3. The van der Waals surface area contributed by atoms with Crippen LogP contribution in [0.15, 0.2) is 62.8 Å². The Morgan fingerprint density at radius 3 is 2.39 bits per heavy atom. The summed E-state index contributed by atoms with van der Waals surface area (Å²) in [6.45, 7) is 1.35. The zero-order valence-corrected chi connectivity index (χ0v) is 22.7. The highest BCUT2D eigenvalue weighted by molar-refractivity contribution is 9.10. The summed E-state index contributed by atoms with van der Waals surface area (Å²) in [5.74, 6) is -4.08. The second-order valence-electron chi connectivity index (χ2n) is 8.55. The van der Waals surface area contributed by atoms with E-state index in [0.29, 0.717) is 20.4 Å². The zero-order valence-electron chi connectivity index (χ0n) is 19.5. The molecule has 1 saturated heterocycles. The van der Waals surface area contributed by atoms with Crippen LogP contribution in [0.25, 0.3) is 0 Å². The smallest absolute Gasteiger partial charge is 0.418 e. The van der Waals surface area contributed by atoms with Crippen LogP contribution in [-0.4, -0.2) is 34.2 Å². The number of fused-ring (bicyclic) bond motifs is 2. The molecule has 2 aromatic carbocycles. The summed E-state index contributed by atoms with van der Waals surface area (Å²) in [5, 5.41) is -0.776. The second-order valence-corrected chi connectivity index (χ2v) is 11.6. The summed E-state index contributed by atoms with van der Waals surface area (Å²) >= 11 is 5.13. The number of thioether (sulfide) groups is 1. The van der Waals surface area contributed by atoms with Gasteiger partial charge in [-0.1, -0.05) is 63.3 Å². The molecule has 1 fully saturated rings. The molecular formula is C25H18BrF3N2O5S2. The first kappa shape index (κ1) is 26.7. The SMILES string of the molecule is CCOC(=O)Cn1c2c(sc1=O)C(c1ccc(Br)cc1)C1C(=O)N(c3ccccc3C(F)(F)F)C(=O)C1S2. The van der Waals surface area contributed by atoms with Crippen LogP contribution in [0, 0.1) is 5.92 Å². The molecule has 0 N–H and O–H groups in total. The molecule has 38 heavy (non-hydrogen) atoms. The third-order valence-corrected chi connectivity index (χ3v) is 9.45. The molecule has 3 atom stereocenters. The van der Waals surface area contributed by atoms with Gasteiger partial charge in [0, 0.05) is 15.3 Å². The molecule has 7 nitrogen and oxygen atoms in total. The van der Waals surface area contributed by atoms with Gasteiger partial charge in [-0.2, -0.15) is 13.2 Å². The van der Waals surface area contributed by atoms with E-state index in [9.17, 15) is 32.3 Å². The monoisotopic (exact) mass is 626 g/mol. The summed E-state index contributed by atoms with van der Waals surface area (Å²) in [5.41, 5.74) is -1.02. The van der Waals surface area contributed by atoms with E-state index in [2.05, 4.69) is 15.9 Å². The highest BCUT2D eigenvalue weighted by Gasteiger charge is 2.57. The number of amides is 2. The number of para-hydroxylation sites is 1. The number of halogens is 4. The largest absolute Gasteiger partial charge is 0.465 e. The minimum atomic E-state index is -4.79. The maximum atomic E-state index is 13.8. The number of nitrogens with zero attached hydrogens (tertiary/aromatic N) is 2. The average Bonchev–Trinajstić information content (AvgIpc) is 3.30. The van der Waals surface area contributed by atoms with Gasteiger partial charge in [0.25, 0.3) is 0 Å². The predicted molar refractivity (Wildman–Crippen MR) is 138 cm³/mol. The number of carbonyl (C=O) groups excluding carboxylic acids is 3. The van der Waals surface area contributed by atoms with Gasteiger partial charge in [0.1, 0.15) is 11.8 Å². The summed E-state index contributed by atoms with van der Waals surface area (Å²) in [6, 6.07) is 11.4. The van der Waals surface area contributed by atoms with Crippen molar-refractivity contribution in [2.45, 2.75) is 35.8 Å². The van der Waals surface area contributed by atoms with Gasteiger partial charge in [0.05, 0.1) is 28.8 Å². The Kier molecular flexibility index (Phi) is 7.03. The van der Waals surface area contributed by atoms with Crippen LogP contribution < -0.4 is 9.77 Å². The number of thiazole rings is 1. The first-order valence-corrected chi connectivity index (χ1v) is 13.9. The molecule has 0 radical (unpaired) electrons. The summed E-state index contributed by atoms with van der Waals surface area (Å²) in [7, 11) is 0. The van der Waals surface area contributed by atoms with Crippen LogP contribution in [-0.2, 0) is 31.8 Å². The van der Waals surface area contributed by atoms with E-state index < -0.39 is 63.7 Å². The van der Waals surface area contributed by atoms with Gasteiger partial charge in [-0.05, 0) is 36.8 Å². The summed E-state index contributed by atoms with van der Waals surface area (Å²) < 4.78 is 48.4. The number of esters is 1. The van der Waals surface area contributed by atoms with Crippen LogP contribution >= 0.6 is 39.0 Å². The number of ether oxygens (including phenoxy) is 1. The number of rotatable bonds is 5. The van der Waals surface area contributed by atoms with Crippen molar-refractivity contribution < 1.29 is 32.3 Å².